The molecule has 0 radical (unpaired) electrons. The standard InChI is InChI=1S/C12H20N2O/c1-3-15-8-4-5-12(13)11-7-6-10(2)14-9-11/h6-7,9,12H,3-5,8,13H2,1-2H3. The zero-order valence-corrected chi connectivity index (χ0v) is 9.57. The molecule has 0 fully saturated rings. The molecule has 0 amide bonds. The van der Waals surface area contributed by atoms with Crippen molar-refractivity contribution >= 4 is 0 Å². The number of nitrogens with two attached hydrogens (primary N) is 1. The Morgan fingerprint density at radius 3 is 2.87 bits per heavy atom. The van der Waals surface area contributed by atoms with Crippen LogP contribution in [0.2, 0.25) is 0 Å². The fourth-order valence-electron chi connectivity index (χ4n) is 1.41. The van der Waals surface area contributed by atoms with E-state index in [4.69, 9.17) is 10.5 Å². The van der Waals surface area contributed by atoms with Gasteiger partial charge in [0.15, 0.2) is 0 Å². The fourth-order valence-corrected chi connectivity index (χ4v) is 1.41. The van der Waals surface area contributed by atoms with Crippen molar-refractivity contribution in [2.75, 3.05) is 13.2 Å². The molecule has 1 rings (SSSR count). The van der Waals surface area contributed by atoms with Crippen LogP contribution in [0, 0.1) is 6.92 Å². The van der Waals surface area contributed by atoms with Crippen LogP contribution >= 0.6 is 0 Å². The Balaban J connectivity index is 2.33. The monoisotopic (exact) mass is 208 g/mol. The van der Waals surface area contributed by atoms with E-state index in [-0.39, 0.29) is 6.04 Å². The smallest absolute Gasteiger partial charge is 0.0466 e. The summed E-state index contributed by atoms with van der Waals surface area (Å²) in [5.41, 5.74) is 8.17. The van der Waals surface area contributed by atoms with Gasteiger partial charge in [0.25, 0.3) is 0 Å². The van der Waals surface area contributed by atoms with Gasteiger partial charge in [0.1, 0.15) is 0 Å². The first kappa shape index (κ1) is 12.1. The second kappa shape index (κ2) is 6.53. The molecular weight excluding hydrogens is 188 g/mol. The number of aromatic nitrogens is 1. The molecule has 1 aromatic rings. The van der Waals surface area contributed by atoms with E-state index in [1.54, 1.807) is 0 Å². The van der Waals surface area contributed by atoms with Gasteiger partial charge in [-0.1, -0.05) is 6.07 Å². The highest BCUT2D eigenvalue weighted by Gasteiger charge is 2.05. The van der Waals surface area contributed by atoms with E-state index in [0.717, 1.165) is 37.3 Å². The van der Waals surface area contributed by atoms with Crippen LogP contribution in [0.5, 0.6) is 0 Å². The van der Waals surface area contributed by atoms with E-state index in [0.29, 0.717) is 0 Å². The second-order valence-electron chi connectivity index (χ2n) is 3.68. The van der Waals surface area contributed by atoms with Crippen LogP contribution in [-0.4, -0.2) is 18.2 Å². The molecule has 15 heavy (non-hydrogen) atoms. The Morgan fingerprint density at radius 2 is 2.27 bits per heavy atom. The largest absolute Gasteiger partial charge is 0.382 e. The number of hydrogen-bond acceptors (Lipinski definition) is 3. The summed E-state index contributed by atoms with van der Waals surface area (Å²) in [6, 6.07) is 4.13. The minimum Gasteiger partial charge on any atom is -0.382 e. The number of pyridine rings is 1. The molecular formula is C12H20N2O. The van der Waals surface area contributed by atoms with Crippen molar-refractivity contribution in [3.8, 4) is 0 Å². The molecule has 84 valence electrons. The van der Waals surface area contributed by atoms with Crippen LogP contribution in [-0.2, 0) is 4.74 Å². The van der Waals surface area contributed by atoms with Crippen LogP contribution in [0.3, 0.4) is 0 Å². The Bertz CT molecular complexity index is 271. The summed E-state index contributed by atoms with van der Waals surface area (Å²) >= 11 is 0. The summed E-state index contributed by atoms with van der Waals surface area (Å²) in [5, 5.41) is 0. The van der Waals surface area contributed by atoms with Crippen LogP contribution in [0.4, 0.5) is 0 Å². The molecule has 0 aliphatic rings. The minimum atomic E-state index is 0.0820. The topological polar surface area (TPSA) is 48.1 Å². The van der Waals surface area contributed by atoms with Gasteiger partial charge in [0.05, 0.1) is 0 Å². The highest BCUT2D eigenvalue weighted by Crippen LogP contribution is 2.14. The molecule has 1 atom stereocenters. The van der Waals surface area contributed by atoms with Crippen molar-refractivity contribution in [3.05, 3.63) is 29.6 Å². The Hall–Kier alpha value is -0.930. The molecule has 1 unspecified atom stereocenters. The SMILES string of the molecule is CCOCCCC(N)c1ccc(C)nc1. The third-order valence-corrected chi connectivity index (χ3v) is 2.37. The lowest BCUT2D eigenvalue weighted by Gasteiger charge is -2.11. The Morgan fingerprint density at radius 1 is 1.47 bits per heavy atom. The molecule has 0 bridgehead atoms. The van der Waals surface area contributed by atoms with Crippen molar-refractivity contribution in [1.82, 2.24) is 4.98 Å². The van der Waals surface area contributed by atoms with Crippen LogP contribution in [0.25, 0.3) is 0 Å². The van der Waals surface area contributed by atoms with Gasteiger partial charge in [-0.25, -0.2) is 0 Å². The number of rotatable bonds is 6. The normalized spacial score (nSPS) is 12.7. The lowest BCUT2D eigenvalue weighted by molar-refractivity contribution is 0.142. The molecule has 3 nitrogen and oxygen atoms in total. The fraction of sp³-hybridized carbons (Fsp3) is 0.583. The van der Waals surface area contributed by atoms with Crippen molar-refractivity contribution in [2.24, 2.45) is 5.73 Å². The van der Waals surface area contributed by atoms with Gasteiger partial charge in [0, 0.05) is 31.1 Å². The van der Waals surface area contributed by atoms with Gasteiger partial charge >= 0.3 is 0 Å². The van der Waals surface area contributed by atoms with Gasteiger partial charge in [-0.3, -0.25) is 4.98 Å². The van der Waals surface area contributed by atoms with E-state index in [9.17, 15) is 0 Å². The second-order valence-corrected chi connectivity index (χ2v) is 3.68. The first-order valence-corrected chi connectivity index (χ1v) is 5.50. The predicted octanol–water partition coefficient (Wildman–Crippen LogP) is 2.21. The highest BCUT2D eigenvalue weighted by atomic mass is 16.5. The summed E-state index contributed by atoms with van der Waals surface area (Å²) < 4.78 is 5.27. The predicted molar refractivity (Wildman–Crippen MR) is 61.6 cm³/mol. The quantitative estimate of drug-likeness (QED) is 0.729. The van der Waals surface area contributed by atoms with Crippen molar-refractivity contribution in [3.63, 3.8) is 0 Å². The molecule has 0 aliphatic carbocycles. The molecule has 0 aliphatic heterocycles. The summed E-state index contributed by atoms with van der Waals surface area (Å²) in [7, 11) is 0. The third kappa shape index (κ3) is 4.40. The Kier molecular flexibility index (Phi) is 5.29. The van der Waals surface area contributed by atoms with Crippen LogP contribution < -0.4 is 5.73 Å². The maximum absolute atomic E-state index is 6.03. The lowest BCUT2D eigenvalue weighted by Crippen LogP contribution is -2.11. The lowest BCUT2D eigenvalue weighted by atomic mass is 10.1. The zero-order chi connectivity index (χ0) is 11.1. The summed E-state index contributed by atoms with van der Waals surface area (Å²) in [6.07, 6.45) is 3.81. The molecule has 0 spiro atoms. The molecule has 0 aromatic carbocycles. The maximum atomic E-state index is 6.03. The number of ether oxygens (including phenoxy) is 1. The van der Waals surface area contributed by atoms with E-state index in [1.807, 2.05) is 32.2 Å². The van der Waals surface area contributed by atoms with Gasteiger partial charge in [-0.2, -0.15) is 0 Å². The maximum Gasteiger partial charge on any atom is 0.0466 e. The van der Waals surface area contributed by atoms with Crippen molar-refractivity contribution < 1.29 is 4.74 Å². The summed E-state index contributed by atoms with van der Waals surface area (Å²) in [5.74, 6) is 0. The van der Waals surface area contributed by atoms with Gasteiger partial charge in [0.2, 0.25) is 0 Å². The molecule has 1 aromatic heterocycles. The molecule has 0 saturated heterocycles. The van der Waals surface area contributed by atoms with Crippen molar-refractivity contribution in [1.29, 1.82) is 0 Å². The van der Waals surface area contributed by atoms with Gasteiger partial charge < -0.3 is 10.5 Å². The number of nitrogens with zero attached hydrogens (tertiary/aromatic N) is 1. The third-order valence-electron chi connectivity index (χ3n) is 2.37. The van der Waals surface area contributed by atoms with E-state index >= 15 is 0 Å². The molecule has 1 heterocycles. The number of hydrogen-bond donors (Lipinski definition) is 1. The first-order valence-electron chi connectivity index (χ1n) is 5.50. The van der Waals surface area contributed by atoms with Crippen molar-refractivity contribution in [2.45, 2.75) is 32.7 Å². The highest BCUT2D eigenvalue weighted by molar-refractivity contribution is 5.16. The molecule has 3 heteroatoms. The number of aryl methyl sites for hydroxylation is 1. The van der Waals surface area contributed by atoms with Crippen LogP contribution in [0.1, 0.15) is 37.1 Å². The molecule has 2 N–H and O–H groups in total. The van der Waals surface area contributed by atoms with Gasteiger partial charge in [-0.15, -0.1) is 0 Å². The summed E-state index contributed by atoms with van der Waals surface area (Å²) in [4.78, 5) is 4.23. The average molecular weight is 208 g/mol. The Labute approximate surface area is 91.7 Å². The summed E-state index contributed by atoms with van der Waals surface area (Å²) in [6.45, 7) is 5.55. The van der Waals surface area contributed by atoms with E-state index in [2.05, 4.69) is 4.98 Å². The minimum absolute atomic E-state index is 0.0820. The van der Waals surface area contributed by atoms with E-state index < -0.39 is 0 Å². The zero-order valence-electron chi connectivity index (χ0n) is 9.57. The van der Waals surface area contributed by atoms with Crippen LogP contribution in [0.15, 0.2) is 18.3 Å². The van der Waals surface area contributed by atoms with E-state index in [1.165, 1.54) is 0 Å². The molecule has 0 saturated carbocycles. The average Bonchev–Trinajstić information content (AvgIpc) is 2.25. The first-order chi connectivity index (χ1) is 7.24. The van der Waals surface area contributed by atoms with Gasteiger partial charge in [-0.05, 0) is 38.3 Å².